The average Bonchev–Trinajstić information content (AvgIpc) is 2.64. The third kappa shape index (κ3) is 4.73. The SMILES string of the molecule is C=C(Nc1cc(SCc2ccccc2)c(N)cc1N)C1CCCCC1. The number of rotatable bonds is 6. The summed E-state index contributed by atoms with van der Waals surface area (Å²) < 4.78 is 0. The molecule has 0 bridgehead atoms. The van der Waals surface area contributed by atoms with Crippen LogP contribution in [0.4, 0.5) is 17.1 Å². The summed E-state index contributed by atoms with van der Waals surface area (Å²) in [5.74, 6) is 1.43. The molecule has 0 aromatic heterocycles. The van der Waals surface area contributed by atoms with E-state index in [0.717, 1.165) is 27.7 Å². The maximum atomic E-state index is 6.18. The number of allylic oxidation sites excluding steroid dienone is 1. The predicted molar refractivity (Wildman–Crippen MR) is 111 cm³/mol. The average molecular weight is 354 g/mol. The standard InChI is InChI=1S/C21H27N3S/c1-15(17-10-6-3-7-11-17)24-20-13-21(19(23)12-18(20)22)25-14-16-8-4-2-5-9-16/h2,4-5,8-9,12-13,17,24H,1,3,6-7,10-11,14,22-23H2. The van der Waals surface area contributed by atoms with E-state index in [-0.39, 0.29) is 0 Å². The first-order valence-corrected chi connectivity index (χ1v) is 9.93. The van der Waals surface area contributed by atoms with Crippen LogP contribution in [0.3, 0.4) is 0 Å². The molecule has 0 saturated heterocycles. The quantitative estimate of drug-likeness (QED) is 0.464. The van der Waals surface area contributed by atoms with Crippen LogP contribution in [-0.2, 0) is 5.75 Å². The minimum Gasteiger partial charge on any atom is -0.398 e. The number of hydrogen-bond donors (Lipinski definition) is 3. The number of nitrogens with one attached hydrogen (secondary N) is 1. The second-order valence-corrected chi connectivity index (χ2v) is 7.75. The number of thioether (sulfide) groups is 1. The molecule has 0 spiro atoms. The second kappa shape index (κ2) is 8.34. The number of hydrogen-bond acceptors (Lipinski definition) is 4. The Hall–Kier alpha value is -2.07. The van der Waals surface area contributed by atoms with E-state index >= 15 is 0 Å². The molecule has 4 heteroatoms. The number of nitrogen functional groups attached to an aromatic ring is 2. The molecule has 1 aliphatic carbocycles. The summed E-state index contributed by atoms with van der Waals surface area (Å²) in [5.41, 5.74) is 17.0. The van der Waals surface area contributed by atoms with E-state index in [1.54, 1.807) is 11.8 Å². The summed E-state index contributed by atoms with van der Waals surface area (Å²) >= 11 is 1.74. The predicted octanol–water partition coefficient (Wildman–Crippen LogP) is 5.65. The Morgan fingerprint density at radius 3 is 2.48 bits per heavy atom. The molecule has 5 N–H and O–H groups in total. The minimum absolute atomic E-state index is 0.547. The van der Waals surface area contributed by atoms with Crippen molar-refractivity contribution in [2.75, 3.05) is 16.8 Å². The first kappa shape index (κ1) is 17.7. The van der Waals surface area contributed by atoms with E-state index in [1.807, 2.05) is 12.1 Å². The highest BCUT2D eigenvalue weighted by Gasteiger charge is 2.17. The Morgan fingerprint density at radius 1 is 1.04 bits per heavy atom. The lowest BCUT2D eigenvalue weighted by molar-refractivity contribution is 0.405. The van der Waals surface area contributed by atoms with Crippen molar-refractivity contribution in [3.63, 3.8) is 0 Å². The molecule has 1 aliphatic rings. The van der Waals surface area contributed by atoms with Gasteiger partial charge in [0, 0.05) is 22.0 Å². The van der Waals surface area contributed by atoms with E-state index < -0.39 is 0 Å². The van der Waals surface area contributed by atoms with Gasteiger partial charge >= 0.3 is 0 Å². The molecule has 2 aromatic rings. The number of benzene rings is 2. The van der Waals surface area contributed by atoms with Crippen LogP contribution in [0.5, 0.6) is 0 Å². The van der Waals surface area contributed by atoms with Gasteiger partial charge in [0.15, 0.2) is 0 Å². The van der Waals surface area contributed by atoms with E-state index in [2.05, 4.69) is 42.2 Å². The van der Waals surface area contributed by atoms with Crippen LogP contribution in [0.2, 0.25) is 0 Å². The van der Waals surface area contributed by atoms with Crippen LogP contribution in [0.25, 0.3) is 0 Å². The highest BCUT2D eigenvalue weighted by molar-refractivity contribution is 7.98. The summed E-state index contributed by atoms with van der Waals surface area (Å²) in [4.78, 5) is 1.05. The molecule has 25 heavy (non-hydrogen) atoms. The fraction of sp³-hybridized carbons (Fsp3) is 0.333. The van der Waals surface area contributed by atoms with Gasteiger partial charge in [0.1, 0.15) is 0 Å². The highest BCUT2D eigenvalue weighted by Crippen LogP contribution is 2.36. The molecular formula is C21H27N3S. The van der Waals surface area contributed by atoms with Gasteiger partial charge in [0.2, 0.25) is 0 Å². The first-order valence-electron chi connectivity index (χ1n) is 8.95. The molecule has 0 unspecified atom stereocenters. The number of nitrogens with two attached hydrogens (primary N) is 2. The molecule has 0 atom stereocenters. The van der Waals surface area contributed by atoms with Crippen molar-refractivity contribution < 1.29 is 0 Å². The van der Waals surface area contributed by atoms with Gasteiger partial charge in [-0.25, -0.2) is 0 Å². The van der Waals surface area contributed by atoms with Crippen molar-refractivity contribution in [3.8, 4) is 0 Å². The molecule has 3 nitrogen and oxygen atoms in total. The Morgan fingerprint density at radius 2 is 1.76 bits per heavy atom. The molecule has 2 aromatic carbocycles. The maximum absolute atomic E-state index is 6.18. The van der Waals surface area contributed by atoms with Gasteiger partial charge < -0.3 is 16.8 Å². The van der Waals surface area contributed by atoms with Gasteiger partial charge in [0.05, 0.1) is 11.4 Å². The highest BCUT2D eigenvalue weighted by atomic mass is 32.2. The lowest BCUT2D eigenvalue weighted by Crippen LogP contribution is -2.15. The van der Waals surface area contributed by atoms with Crippen molar-refractivity contribution in [3.05, 3.63) is 60.3 Å². The molecule has 0 amide bonds. The normalized spacial score (nSPS) is 15.0. The van der Waals surface area contributed by atoms with Crippen molar-refractivity contribution in [2.24, 2.45) is 5.92 Å². The smallest absolute Gasteiger partial charge is 0.0628 e. The molecule has 0 heterocycles. The van der Waals surface area contributed by atoms with Crippen LogP contribution < -0.4 is 16.8 Å². The summed E-state index contributed by atoms with van der Waals surface area (Å²) in [6, 6.07) is 14.3. The zero-order valence-electron chi connectivity index (χ0n) is 14.6. The van der Waals surface area contributed by atoms with Gasteiger partial charge in [-0.1, -0.05) is 56.2 Å². The Balaban J connectivity index is 1.70. The topological polar surface area (TPSA) is 64.1 Å². The fourth-order valence-electron chi connectivity index (χ4n) is 3.31. The van der Waals surface area contributed by atoms with Crippen molar-refractivity contribution in [1.29, 1.82) is 0 Å². The molecule has 3 rings (SSSR count). The third-order valence-corrected chi connectivity index (χ3v) is 5.95. The summed E-state index contributed by atoms with van der Waals surface area (Å²) in [5, 5.41) is 3.46. The summed E-state index contributed by atoms with van der Waals surface area (Å²) in [6.07, 6.45) is 6.36. The molecule has 0 aliphatic heterocycles. The van der Waals surface area contributed by atoms with Crippen molar-refractivity contribution in [2.45, 2.75) is 42.8 Å². The van der Waals surface area contributed by atoms with Crippen LogP contribution in [0.15, 0.2) is 59.6 Å². The minimum atomic E-state index is 0.547. The molecule has 132 valence electrons. The fourth-order valence-corrected chi connectivity index (χ4v) is 4.25. The van der Waals surface area contributed by atoms with Gasteiger partial charge in [-0.3, -0.25) is 0 Å². The van der Waals surface area contributed by atoms with Crippen molar-refractivity contribution in [1.82, 2.24) is 0 Å². The Bertz CT molecular complexity index is 721. The summed E-state index contributed by atoms with van der Waals surface area (Å²) in [6.45, 7) is 4.26. The van der Waals surface area contributed by atoms with Crippen LogP contribution in [-0.4, -0.2) is 0 Å². The Kier molecular flexibility index (Phi) is 5.92. The Labute approximate surface area is 154 Å². The van der Waals surface area contributed by atoms with Gasteiger partial charge in [-0.05, 0) is 36.5 Å². The largest absolute Gasteiger partial charge is 0.398 e. The summed E-state index contributed by atoms with van der Waals surface area (Å²) in [7, 11) is 0. The van der Waals surface area contributed by atoms with Crippen LogP contribution in [0.1, 0.15) is 37.7 Å². The number of anilines is 3. The molecule has 1 saturated carbocycles. The van der Waals surface area contributed by atoms with E-state index in [4.69, 9.17) is 11.5 Å². The zero-order chi connectivity index (χ0) is 17.6. The van der Waals surface area contributed by atoms with Crippen LogP contribution >= 0.6 is 11.8 Å². The first-order chi connectivity index (χ1) is 12.1. The lowest BCUT2D eigenvalue weighted by atomic mass is 9.87. The maximum Gasteiger partial charge on any atom is 0.0628 e. The molecular weight excluding hydrogens is 326 g/mol. The van der Waals surface area contributed by atoms with E-state index in [9.17, 15) is 0 Å². The second-order valence-electron chi connectivity index (χ2n) is 6.74. The van der Waals surface area contributed by atoms with Crippen LogP contribution in [0, 0.1) is 5.92 Å². The van der Waals surface area contributed by atoms with Crippen molar-refractivity contribution >= 4 is 28.8 Å². The third-order valence-electron chi connectivity index (χ3n) is 4.81. The van der Waals surface area contributed by atoms with Gasteiger partial charge in [-0.2, -0.15) is 0 Å². The van der Waals surface area contributed by atoms with E-state index in [0.29, 0.717) is 11.6 Å². The molecule has 1 fully saturated rings. The lowest BCUT2D eigenvalue weighted by Gasteiger charge is -2.25. The van der Waals surface area contributed by atoms with Gasteiger partial charge in [-0.15, -0.1) is 11.8 Å². The zero-order valence-corrected chi connectivity index (χ0v) is 15.4. The van der Waals surface area contributed by atoms with E-state index in [1.165, 1.54) is 37.7 Å². The monoisotopic (exact) mass is 353 g/mol. The molecule has 0 radical (unpaired) electrons. The van der Waals surface area contributed by atoms with Gasteiger partial charge in [0.25, 0.3) is 0 Å².